The number of alkyl halides is 1. The van der Waals surface area contributed by atoms with E-state index in [4.69, 9.17) is 4.74 Å². The van der Waals surface area contributed by atoms with Gasteiger partial charge in [0.25, 0.3) is 0 Å². The first-order chi connectivity index (χ1) is 6.92. The predicted molar refractivity (Wildman–Crippen MR) is 71.4 cm³/mol. The minimum atomic E-state index is 0. The van der Waals surface area contributed by atoms with Crippen molar-refractivity contribution >= 4 is 43.8 Å². The number of benzene rings is 1. The first kappa shape index (κ1) is 12.5. The van der Waals surface area contributed by atoms with E-state index in [0.717, 1.165) is 22.0 Å². The Morgan fingerprint density at radius 2 is 2.00 bits per heavy atom. The van der Waals surface area contributed by atoms with E-state index in [1.807, 2.05) is 30.3 Å². The zero-order valence-corrected chi connectivity index (χ0v) is 11.3. The predicted octanol–water partition coefficient (Wildman–Crippen LogP) is 3.59. The molecule has 0 aliphatic heterocycles. The summed E-state index contributed by atoms with van der Waals surface area (Å²) in [7, 11) is 0. The fourth-order valence-corrected chi connectivity index (χ4v) is 1.50. The van der Waals surface area contributed by atoms with E-state index >= 15 is 0 Å². The van der Waals surface area contributed by atoms with Crippen molar-refractivity contribution in [3.8, 4) is 5.75 Å². The maximum absolute atomic E-state index is 5.56. The molecule has 1 aromatic carbocycles. The van der Waals surface area contributed by atoms with Crippen molar-refractivity contribution in [3.63, 3.8) is 0 Å². The lowest BCUT2D eigenvalue weighted by Gasteiger charge is -2.06. The third-order valence-electron chi connectivity index (χ3n) is 1.93. The molecule has 1 aromatic heterocycles. The van der Waals surface area contributed by atoms with Crippen molar-refractivity contribution in [2.24, 2.45) is 0 Å². The summed E-state index contributed by atoms with van der Waals surface area (Å²) < 4.78 is 5.56. The van der Waals surface area contributed by atoms with Crippen LogP contribution in [0.5, 0.6) is 5.75 Å². The second-order valence-electron chi connectivity index (χ2n) is 2.87. The number of fused-ring (bicyclic) bond motifs is 1. The molecule has 4 heteroatoms. The van der Waals surface area contributed by atoms with Gasteiger partial charge >= 0.3 is 0 Å². The van der Waals surface area contributed by atoms with Crippen LogP contribution in [0.3, 0.4) is 0 Å². The van der Waals surface area contributed by atoms with E-state index in [2.05, 4.69) is 20.9 Å². The van der Waals surface area contributed by atoms with Crippen molar-refractivity contribution < 1.29 is 4.74 Å². The average Bonchev–Trinajstić information content (AvgIpc) is 2.26. The third-order valence-corrected chi connectivity index (χ3v) is 2.25. The summed E-state index contributed by atoms with van der Waals surface area (Å²) in [6.07, 6.45) is 1.78. The van der Waals surface area contributed by atoms with Crippen LogP contribution in [-0.2, 0) is 0 Å². The molecule has 80 valence electrons. The summed E-state index contributed by atoms with van der Waals surface area (Å²) in [5.41, 5.74) is 0.927. The highest BCUT2D eigenvalue weighted by molar-refractivity contribution is 9.09. The van der Waals surface area contributed by atoms with Gasteiger partial charge in [-0.05, 0) is 12.1 Å². The van der Waals surface area contributed by atoms with Gasteiger partial charge in [0.05, 0.1) is 6.61 Å². The van der Waals surface area contributed by atoms with E-state index in [9.17, 15) is 0 Å². The number of hydrogen-bond acceptors (Lipinski definition) is 2. The molecule has 0 saturated carbocycles. The van der Waals surface area contributed by atoms with Gasteiger partial charge in [-0.1, -0.05) is 34.1 Å². The summed E-state index contributed by atoms with van der Waals surface area (Å²) in [6, 6.07) is 9.91. The second kappa shape index (κ2) is 6.08. The van der Waals surface area contributed by atoms with E-state index in [0.29, 0.717) is 6.61 Å². The summed E-state index contributed by atoms with van der Waals surface area (Å²) in [5, 5.41) is 1.94. The van der Waals surface area contributed by atoms with Crippen LogP contribution >= 0.6 is 32.9 Å². The normalized spacial score (nSPS) is 9.67. The second-order valence-corrected chi connectivity index (χ2v) is 3.66. The van der Waals surface area contributed by atoms with Gasteiger partial charge in [0.1, 0.15) is 11.3 Å². The topological polar surface area (TPSA) is 22.1 Å². The van der Waals surface area contributed by atoms with Crippen LogP contribution in [0.15, 0.2) is 36.5 Å². The lowest BCUT2D eigenvalue weighted by Crippen LogP contribution is -1.98. The summed E-state index contributed by atoms with van der Waals surface area (Å²) in [4.78, 5) is 4.29. The monoisotopic (exact) mass is 331 g/mol. The highest BCUT2D eigenvalue weighted by Gasteiger charge is 2.00. The molecule has 2 nitrogen and oxygen atoms in total. The van der Waals surface area contributed by atoms with Gasteiger partial charge in [-0.2, -0.15) is 0 Å². The molecular weight excluding hydrogens is 322 g/mol. The first-order valence-electron chi connectivity index (χ1n) is 4.44. The first-order valence-corrected chi connectivity index (χ1v) is 5.56. The number of nitrogens with zero attached hydrogens (tertiary/aromatic N) is 1. The van der Waals surface area contributed by atoms with Gasteiger partial charge in [-0.3, -0.25) is 4.98 Å². The van der Waals surface area contributed by atoms with E-state index in [1.165, 1.54) is 0 Å². The van der Waals surface area contributed by atoms with Crippen LogP contribution < -0.4 is 4.74 Å². The largest absolute Gasteiger partial charge is 0.490 e. The number of hydrogen-bond donors (Lipinski definition) is 0. The van der Waals surface area contributed by atoms with Crippen LogP contribution in [0.4, 0.5) is 0 Å². The van der Waals surface area contributed by atoms with Gasteiger partial charge < -0.3 is 4.74 Å². The highest BCUT2D eigenvalue weighted by atomic mass is 79.9. The molecule has 0 atom stereocenters. The molecule has 0 unspecified atom stereocenters. The maximum Gasteiger partial charge on any atom is 0.145 e. The molecular formula is C11H11Br2NO. The van der Waals surface area contributed by atoms with Gasteiger partial charge in [-0.15, -0.1) is 17.0 Å². The SMILES string of the molecule is Br.BrCCOc1cccc2cccnc12. The maximum atomic E-state index is 5.56. The number of ether oxygens (including phenoxy) is 1. The Morgan fingerprint density at radius 3 is 2.80 bits per heavy atom. The summed E-state index contributed by atoms with van der Waals surface area (Å²) in [6.45, 7) is 0.662. The molecule has 0 N–H and O–H groups in total. The van der Waals surface area contributed by atoms with Crippen LogP contribution in [0, 0.1) is 0 Å². The van der Waals surface area contributed by atoms with Crippen molar-refractivity contribution in [1.29, 1.82) is 0 Å². The molecule has 15 heavy (non-hydrogen) atoms. The van der Waals surface area contributed by atoms with E-state index < -0.39 is 0 Å². The molecule has 0 amide bonds. The summed E-state index contributed by atoms with van der Waals surface area (Å²) in [5.74, 6) is 0.850. The number of halogens is 2. The number of para-hydroxylation sites is 1. The van der Waals surface area contributed by atoms with Gasteiger partial charge in [-0.25, -0.2) is 0 Å². The Kier molecular flexibility index (Phi) is 5.05. The highest BCUT2D eigenvalue weighted by Crippen LogP contribution is 2.22. The van der Waals surface area contributed by atoms with Crippen LogP contribution in [-0.4, -0.2) is 16.9 Å². The van der Waals surface area contributed by atoms with Crippen molar-refractivity contribution in [1.82, 2.24) is 4.98 Å². The van der Waals surface area contributed by atoms with E-state index in [-0.39, 0.29) is 17.0 Å². The molecule has 0 bridgehead atoms. The Labute approximate surface area is 108 Å². The van der Waals surface area contributed by atoms with Gasteiger partial charge in [0.15, 0.2) is 0 Å². The van der Waals surface area contributed by atoms with Crippen LogP contribution in [0.1, 0.15) is 0 Å². The zero-order valence-electron chi connectivity index (χ0n) is 8.02. The van der Waals surface area contributed by atoms with Crippen molar-refractivity contribution in [2.45, 2.75) is 0 Å². The Morgan fingerprint density at radius 1 is 1.20 bits per heavy atom. The minimum Gasteiger partial charge on any atom is -0.490 e. The molecule has 0 saturated heterocycles. The molecule has 0 fully saturated rings. The Balaban J connectivity index is 0.00000112. The average molecular weight is 333 g/mol. The standard InChI is InChI=1S/C11H10BrNO.BrH/c12-6-8-14-10-5-1-3-9-4-2-7-13-11(9)10;/h1-5,7H,6,8H2;1H. The Hall–Kier alpha value is -0.610. The fourth-order valence-electron chi connectivity index (χ4n) is 1.34. The number of rotatable bonds is 3. The fraction of sp³-hybridized carbons (Fsp3) is 0.182. The molecule has 0 radical (unpaired) electrons. The lowest BCUT2D eigenvalue weighted by atomic mass is 10.2. The molecule has 2 rings (SSSR count). The lowest BCUT2D eigenvalue weighted by molar-refractivity contribution is 0.348. The smallest absolute Gasteiger partial charge is 0.145 e. The van der Waals surface area contributed by atoms with Crippen LogP contribution in [0.2, 0.25) is 0 Å². The Bertz CT molecular complexity index is 428. The van der Waals surface area contributed by atoms with E-state index in [1.54, 1.807) is 6.20 Å². The quantitative estimate of drug-likeness (QED) is 0.801. The molecule has 0 spiro atoms. The summed E-state index contributed by atoms with van der Waals surface area (Å²) >= 11 is 3.33. The number of aromatic nitrogens is 1. The molecule has 0 aliphatic rings. The van der Waals surface area contributed by atoms with Crippen molar-refractivity contribution in [2.75, 3.05) is 11.9 Å². The van der Waals surface area contributed by atoms with Gasteiger partial charge in [0, 0.05) is 16.9 Å². The minimum absolute atomic E-state index is 0. The van der Waals surface area contributed by atoms with Gasteiger partial charge in [0.2, 0.25) is 0 Å². The molecule has 0 aliphatic carbocycles. The van der Waals surface area contributed by atoms with Crippen molar-refractivity contribution in [3.05, 3.63) is 36.5 Å². The van der Waals surface area contributed by atoms with Crippen LogP contribution in [0.25, 0.3) is 10.9 Å². The third kappa shape index (κ3) is 2.92. The molecule has 2 aromatic rings. The number of pyridine rings is 1. The zero-order chi connectivity index (χ0) is 9.80. The molecule has 1 heterocycles.